The summed E-state index contributed by atoms with van der Waals surface area (Å²) >= 11 is 4.28. The molecule has 2 aromatic rings. The van der Waals surface area contributed by atoms with Gasteiger partial charge < -0.3 is 9.63 Å². The average Bonchev–Trinajstić information content (AvgIpc) is 3.13. The topological polar surface area (TPSA) is 76.2 Å². The van der Waals surface area contributed by atoms with Crippen LogP contribution in [0.4, 0.5) is 0 Å². The van der Waals surface area contributed by atoms with E-state index in [1.54, 1.807) is 0 Å². The number of hydrogen-bond acceptors (Lipinski definition) is 5. The molecule has 0 radical (unpaired) electrons. The molecule has 1 N–H and O–H groups in total. The van der Waals surface area contributed by atoms with Crippen molar-refractivity contribution < 1.29 is 14.4 Å². The Morgan fingerprint density at radius 1 is 1.38 bits per heavy atom. The van der Waals surface area contributed by atoms with Gasteiger partial charge in [0.2, 0.25) is 5.89 Å². The highest BCUT2D eigenvalue weighted by Gasteiger charge is 2.49. The van der Waals surface area contributed by atoms with Crippen molar-refractivity contribution in [2.45, 2.75) is 29.6 Å². The zero-order chi connectivity index (χ0) is 15.0. The lowest BCUT2D eigenvalue weighted by molar-refractivity contribution is -0.132. The molecule has 1 aromatic carbocycles. The Bertz CT molecular complexity index is 702. The van der Waals surface area contributed by atoms with Crippen LogP contribution in [-0.4, -0.2) is 21.2 Å². The first-order chi connectivity index (χ1) is 10.0. The van der Waals surface area contributed by atoms with Gasteiger partial charge in [0, 0.05) is 10.5 Å². The van der Waals surface area contributed by atoms with Gasteiger partial charge in [0.25, 0.3) is 0 Å². The molecule has 0 unspecified atom stereocenters. The van der Waals surface area contributed by atoms with E-state index >= 15 is 0 Å². The quantitative estimate of drug-likeness (QED) is 0.656. The molecule has 5 nitrogen and oxygen atoms in total. The van der Waals surface area contributed by atoms with Gasteiger partial charge >= 0.3 is 5.97 Å². The Morgan fingerprint density at radius 3 is 2.62 bits per heavy atom. The van der Waals surface area contributed by atoms with E-state index in [-0.39, 0.29) is 23.3 Å². The second-order valence-electron chi connectivity index (χ2n) is 5.23. The molecule has 1 saturated carbocycles. The van der Waals surface area contributed by atoms with Crippen LogP contribution < -0.4 is 0 Å². The minimum atomic E-state index is -1.06. The highest BCUT2D eigenvalue weighted by Crippen LogP contribution is 2.52. The van der Waals surface area contributed by atoms with Crippen LogP contribution in [0.5, 0.6) is 0 Å². The van der Waals surface area contributed by atoms with Crippen molar-refractivity contribution in [3.05, 3.63) is 53.7 Å². The molecule has 6 heteroatoms. The molecule has 0 atom stereocenters. The van der Waals surface area contributed by atoms with E-state index in [9.17, 15) is 4.79 Å². The van der Waals surface area contributed by atoms with Crippen LogP contribution in [0.25, 0.3) is 0 Å². The number of aromatic nitrogens is 2. The van der Waals surface area contributed by atoms with Gasteiger partial charge in [0.05, 0.1) is 11.8 Å². The van der Waals surface area contributed by atoms with E-state index in [4.69, 9.17) is 9.63 Å². The van der Waals surface area contributed by atoms with Gasteiger partial charge in [-0.15, -0.1) is 12.6 Å². The summed E-state index contributed by atoms with van der Waals surface area (Å²) in [4.78, 5) is 16.0. The lowest BCUT2D eigenvalue weighted by Crippen LogP contribution is -2.11. The fourth-order valence-corrected chi connectivity index (χ4v) is 2.48. The summed E-state index contributed by atoms with van der Waals surface area (Å²) in [6, 6.07) is 7.90. The maximum atomic E-state index is 10.8. The fraction of sp³-hybridized carbons (Fsp3) is 0.267. The lowest BCUT2D eigenvalue weighted by Gasteiger charge is -2.10. The van der Waals surface area contributed by atoms with Gasteiger partial charge in [-0.05, 0) is 30.5 Å². The minimum Gasteiger partial charge on any atom is -0.478 e. The van der Waals surface area contributed by atoms with Gasteiger partial charge in [-0.25, -0.2) is 4.79 Å². The zero-order valence-electron chi connectivity index (χ0n) is 11.2. The van der Waals surface area contributed by atoms with Crippen LogP contribution in [0.3, 0.4) is 0 Å². The van der Waals surface area contributed by atoms with Gasteiger partial charge in [-0.1, -0.05) is 23.9 Å². The molecule has 1 aliphatic rings. The van der Waals surface area contributed by atoms with E-state index in [0.717, 1.165) is 23.3 Å². The largest absolute Gasteiger partial charge is 0.478 e. The van der Waals surface area contributed by atoms with Crippen molar-refractivity contribution in [2.75, 3.05) is 0 Å². The number of benzene rings is 1. The number of aliphatic carboxylic acids is 1. The first-order valence-corrected chi connectivity index (χ1v) is 7.00. The summed E-state index contributed by atoms with van der Waals surface area (Å²) in [7, 11) is 0. The molecular formula is C15H14N2O3S. The van der Waals surface area contributed by atoms with Crippen molar-refractivity contribution in [2.24, 2.45) is 0 Å². The van der Waals surface area contributed by atoms with E-state index in [1.165, 1.54) is 0 Å². The van der Waals surface area contributed by atoms with Crippen LogP contribution in [0.2, 0.25) is 0 Å². The van der Waals surface area contributed by atoms with E-state index < -0.39 is 5.97 Å². The van der Waals surface area contributed by atoms with Gasteiger partial charge in [-0.3, -0.25) is 0 Å². The summed E-state index contributed by atoms with van der Waals surface area (Å²) in [6.07, 6.45) is 1.98. The molecule has 0 amide bonds. The molecule has 3 rings (SSSR count). The Labute approximate surface area is 127 Å². The molecule has 108 valence electrons. The third-order valence-electron chi connectivity index (χ3n) is 3.73. The third kappa shape index (κ3) is 2.58. The molecule has 21 heavy (non-hydrogen) atoms. The monoisotopic (exact) mass is 302 g/mol. The number of rotatable bonds is 5. The predicted octanol–water partition coefficient (Wildman–Crippen LogP) is 2.62. The first kappa shape index (κ1) is 13.9. The average molecular weight is 302 g/mol. The van der Waals surface area contributed by atoms with Gasteiger partial charge in [-0.2, -0.15) is 4.98 Å². The zero-order valence-corrected chi connectivity index (χ0v) is 12.1. The Hall–Kier alpha value is -2.08. The molecule has 1 fully saturated rings. The highest BCUT2D eigenvalue weighted by molar-refractivity contribution is 7.80. The van der Waals surface area contributed by atoms with Crippen molar-refractivity contribution in [1.29, 1.82) is 0 Å². The molecule has 0 saturated heterocycles. The van der Waals surface area contributed by atoms with Crippen LogP contribution in [0, 0.1) is 0 Å². The summed E-state index contributed by atoms with van der Waals surface area (Å²) in [5, 5.41) is 12.9. The smallest absolute Gasteiger partial charge is 0.331 e. The van der Waals surface area contributed by atoms with Crippen molar-refractivity contribution in [3.63, 3.8) is 0 Å². The van der Waals surface area contributed by atoms with Crippen molar-refractivity contribution >= 4 is 18.6 Å². The second-order valence-corrected chi connectivity index (χ2v) is 5.74. The molecular weight excluding hydrogens is 288 g/mol. The van der Waals surface area contributed by atoms with E-state index in [0.29, 0.717) is 5.82 Å². The summed E-state index contributed by atoms with van der Waals surface area (Å²) in [5.74, 6) is -0.155. The Kier molecular flexibility index (Phi) is 3.33. The first-order valence-electron chi connectivity index (χ1n) is 6.55. The molecule has 0 spiro atoms. The molecule has 1 heterocycles. The fourth-order valence-electron chi connectivity index (χ4n) is 2.33. The number of thiol groups is 1. The van der Waals surface area contributed by atoms with Crippen LogP contribution in [0.1, 0.15) is 30.1 Å². The van der Waals surface area contributed by atoms with E-state index in [1.807, 2.05) is 24.3 Å². The van der Waals surface area contributed by atoms with Crippen molar-refractivity contribution in [1.82, 2.24) is 10.1 Å². The normalized spacial score (nSPS) is 15.7. The number of hydrogen-bond donors (Lipinski definition) is 2. The van der Waals surface area contributed by atoms with Crippen LogP contribution >= 0.6 is 12.6 Å². The highest BCUT2D eigenvalue weighted by atomic mass is 32.1. The maximum Gasteiger partial charge on any atom is 0.331 e. The maximum absolute atomic E-state index is 10.8. The Balaban J connectivity index is 1.84. The molecule has 1 aliphatic carbocycles. The molecule has 0 aliphatic heterocycles. The van der Waals surface area contributed by atoms with Crippen molar-refractivity contribution in [3.8, 4) is 0 Å². The van der Waals surface area contributed by atoms with Gasteiger partial charge in [0.15, 0.2) is 5.82 Å². The third-order valence-corrected chi connectivity index (χ3v) is 4.03. The second kappa shape index (κ2) is 5.04. The Morgan fingerprint density at radius 2 is 2.05 bits per heavy atom. The minimum absolute atomic E-state index is 0.0365. The molecule has 1 aromatic heterocycles. The SMILES string of the molecule is C=C(Cc1nc(C2(c3ccc(S)cc3)CC2)no1)C(=O)O. The van der Waals surface area contributed by atoms with Crippen LogP contribution in [0.15, 0.2) is 45.8 Å². The number of carboxylic acids is 1. The summed E-state index contributed by atoms with van der Waals surface area (Å²) in [5.41, 5.74) is 0.965. The number of carbonyl (C=O) groups is 1. The van der Waals surface area contributed by atoms with Crippen LogP contribution in [-0.2, 0) is 16.6 Å². The van der Waals surface area contributed by atoms with Gasteiger partial charge in [0.1, 0.15) is 0 Å². The standard InChI is InChI=1S/C15H14N2O3S/c1-9(13(18)19)8-12-16-14(17-20-12)15(6-7-15)10-2-4-11(21)5-3-10/h2-5,21H,1,6-8H2,(H,18,19). The summed E-state index contributed by atoms with van der Waals surface area (Å²) in [6.45, 7) is 3.47. The molecule has 0 bridgehead atoms. The number of nitrogens with zero attached hydrogens (tertiary/aromatic N) is 2. The summed E-state index contributed by atoms with van der Waals surface area (Å²) < 4.78 is 5.16. The van der Waals surface area contributed by atoms with E-state index in [2.05, 4.69) is 29.3 Å². The predicted molar refractivity (Wildman–Crippen MR) is 78.5 cm³/mol. The lowest BCUT2D eigenvalue weighted by atomic mass is 9.95. The number of carboxylic acid groups (broad SMARTS) is 1.